The van der Waals surface area contributed by atoms with Crippen molar-refractivity contribution in [3.63, 3.8) is 0 Å². The Balaban J connectivity index is 3.38. The molecule has 0 saturated heterocycles. The fourth-order valence-electron chi connectivity index (χ4n) is 1.29. The van der Waals surface area contributed by atoms with Crippen molar-refractivity contribution in [3.05, 3.63) is 28.8 Å². The smallest absolute Gasteiger partial charge is 0.478 e. The molecule has 0 aliphatic rings. The van der Waals surface area contributed by atoms with Crippen LogP contribution in [0.1, 0.15) is 21.5 Å². The molecule has 0 heterocycles. The van der Waals surface area contributed by atoms with Crippen molar-refractivity contribution in [2.24, 2.45) is 5.73 Å². The van der Waals surface area contributed by atoms with Crippen molar-refractivity contribution in [1.29, 1.82) is 5.26 Å². The highest BCUT2D eigenvalue weighted by Gasteiger charge is 2.33. The number of carbonyl (C=O) groups is 1. The maximum atomic E-state index is 12.1. The minimum atomic E-state index is -5.01. The predicted molar refractivity (Wildman–Crippen MR) is 52.7 cm³/mol. The number of alkyl halides is 3. The molecular formula is C10H7F3N2O3. The van der Waals surface area contributed by atoms with E-state index in [2.05, 4.69) is 4.74 Å². The third kappa shape index (κ3) is 3.11. The maximum absolute atomic E-state index is 12.1. The highest BCUT2D eigenvalue weighted by atomic mass is 19.4. The van der Waals surface area contributed by atoms with Crippen LogP contribution in [0.2, 0.25) is 0 Å². The quantitative estimate of drug-likeness (QED) is 0.860. The molecule has 96 valence electrons. The SMILES string of the molecule is N#Cc1cc(CN)c(C(=O)O)cc1OC(F)(F)F. The molecule has 0 aliphatic carbocycles. The summed E-state index contributed by atoms with van der Waals surface area (Å²) in [6.45, 7) is -0.220. The Morgan fingerprint density at radius 3 is 2.50 bits per heavy atom. The van der Waals surface area contributed by atoms with E-state index >= 15 is 0 Å². The zero-order chi connectivity index (χ0) is 13.9. The van der Waals surface area contributed by atoms with E-state index in [-0.39, 0.29) is 12.1 Å². The second kappa shape index (κ2) is 4.93. The first-order valence-corrected chi connectivity index (χ1v) is 4.54. The summed E-state index contributed by atoms with van der Waals surface area (Å²) in [6.07, 6.45) is -5.01. The number of rotatable bonds is 3. The van der Waals surface area contributed by atoms with Crippen molar-refractivity contribution in [2.75, 3.05) is 0 Å². The van der Waals surface area contributed by atoms with Gasteiger partial charge in [0, 0.05) is 6.54 Å². The van der Waals surface area contributed by atoms with Gasteiger partial charge in [-0.05, 0) is 17.7 Å². The second-order valence-corrected chi connectivity index (χ2v) is 3.17. The van der Waals surface area contributed by atoms with Gasteiger partial charge in [-0.3, -0.25) is 0 Å². The van der Waals surface area contributed by atoms with Gasteiger partial charge in [0.1, 0.15) is 11.8 Å². The van der Waals surface area contributed by atoms with Crippen molar-refractivity contribution >= 4 is 5.97 Å². The summed E-state index contributed by atoms with van der Waals surface area (Å²) in [5.41, 5.74) is 4.44. The van der Waals surface area contributed by atoms with E-state index in [4.69, 9.17) is 16.1 Å². The lowest BCUT2D eigenvalue weighted by molar-refractivity contribution is -0.274. The summed E-state index contributed by atoms with van der Waals surface area (Å²) in [5, 5.41) is 17.5. The molecule has 0 radical (unpaired) electrons. The minimum absolute atomic E-state index is 0.0496. The van der Waals surface area contributed by atoms with Gasteiger partial charge < -0.3 is 15.6 Å². The fraction of sp³-hybridized carbons (Fsp3) is 0.200. The Morgan fingerprint density at radius 2 is 2.11 bits per heavy atom. The van der Waals surface area contributed by atoms with Crippen LogP contribution in [0.3, 0.4) is 0 Å². The number of benzene rings is 1. The molecule has 3 N–H and O–H groups in total. The molecule has 0 aliphatic heterocycles. The molecule has 18 heavy (non-hydrogen) atoms. The van der Waals surface area contributed by atoms with Crippen LogP contribution in [0.25, 0.3) is 0 Å². The lowest BCUT2D eigenvalue weighted by Crippen LogP contribution is -2.19. The van der Waals surface area contributed by atoms with E-state index in [9.17, 15) is 18.0 Å². The molecule has 0 fully saturated rings. The molecule has 1 aromatic carbocycles. The lowest BCUT2D eigenvalue weighted by atomic mass is 10.0. The Morgan fingerprint density at radius 1 is 1.50 bits per heavy atom. The molecule has 1 rings (SSSR count). The van der Waals surface area contributed by atoms with Gasteiger partial charge in [-0.15, -0.1) is 13.2 Å². The van der Waals surface area contributed by atoms with Gasteiger partial charge in [-0.25, -0.2) is 4.79 Å². The molecule has 0 aromatic heterocycles. The highest BCUT2D eigenvalue weighted by molar-refractivity contribution is 5.90. The zero-order valence-electron chi connectivity index (χ0n) is 8.78. The molecule has 8 heteroatoms. The van der Waals surface area contributed by atoms with Crippen molar-refractivity contribution < 1.29 is 27.8 Å². The molecule has 0 unspecified atom stereocenters. The van der Waals surface area contributed by atoms with Crippen molar-refractivity contribution in [2.45, 2.75) is 12.9 Å². The monoisotopic (exact) mass is 260 g/mol. The predicted octanol–water partition coefficient (Wildman–Crippen LogP) is 1.61. The Labute approximate surface area is 99.2 Å². The number of aromatic carboxylic acids is 1. The summed E-state index contributed by atoms with van der Waals surface area (Å²) in [6, 6.07) is 3.08. The third-order valence-electron chi connectivity index (χ3n) is 2.00. The summed E-state index contributed by atoms with van der Waals surface area (Å²) < 4.78 is 39.8. The first kappa shape index (κ1) is 13.8. The van der Waals surface area contributed by atoms with Gasteiger partial charge >= 0.3 is 12.3 Å². The van der Waals surface area contributed by atoms with Gasteiger partial charge in [-0.1, -0.05) is 0 Å². The maximum Gasteiger partial charge on any atom is 0.573 e. The van der Waals surface area contributed by atoms with Gasteiger partial charge in [0.05, 0.1) is 11.1 Å². The van der Waals surface area contributed by atoms with Gasteiger partial charge in [0.2, 0.25) is 0 Å². The van der Waals surface area contributed by atoms with E-state index in [1.54, 1.807) is 0 Å². The van der Waals surface area contributed by atoms with Crippen LogP contribution in [0.4, 0.5) is 13.2 Å². The molecule has 0 saturated carbocycles. The number of nitrogens with two attached hydrogens (primary N) is 1. The highest BCUT2D eigenvalue weighted by Crippen LogP contribution is 2.29. The normalized spacial score (nSPS) is 10.8. The largest absolute Gasteiger partial charge is 0.573 e. The molecule has 0 bridgehead atoms. The topological polar surface area (TPSA) is 96.3 Å². The fourth-order valence-corrected chi connectivity index (χ4v) is 1.29. The molecular weight excluding hydrogens is 253 g/mol. The molecule has 0 spiro atoms. The summed E-state index contributed by atoms with van der Waals surface area (Å²) in [5.74, 6) is -2.31. The number of ether oxygens (including phenoxy) is 1. The average Bonchev–Trinajstić information content (AvgIpc) is 2.26. The summed E-state index contributed by atoms with van der Waals surface area (Å²) >= 11 is 0. The zero-order valence-corrected chi connectivity index (χ0v) is 8.78. The Kier molecular flexibility index (Phi) is 3.78. The third-order valence-corrected chi connectivity index (χ3v) is 2.00. The minimum Gasteiger partial charge on any atom is -0.478 e. The number of halogens is 3. The number of carboxylic acids is 1. The van der Waals surface area contributed by atoms with Crippen molar-refractivity contribution in [3.8, 4) is 11.8 Å². The van der Waals surface area contributed by atoms with Crippen LogP contribution >= 0.6 is 0 Å². The van der Waals surface area contributed by atoms with E-state index in [1.165, 1.54) is 6.07 Å². The van der Waals surface area contributed by atoms with Crippen LogP contribution < -0.4 is 10.5 Å². The number of nitriles is 1. The Bertz CT molecular complexity index is 520. The van der Waals surface area contributed by atoms with Crippen LogP contribution in [0.15, 0.2) is 12.1 Å². The van der Waals surface area contributed by atoms with Gasteiger partial charge in [0.15, 0.2) is 0 Å². The molecule has 5 nitrogen and oxygen atoms in total. The Hall–Kier alpha value is -2.27. The lowest BCUT2D eigenvalue weighted by Gasteiger charge is -2.12. The number of hydrogen-bond acceptors (Lipinski definition) is 4. The average molecular weight is 260 g/mol. The van der Waals surface area contributed by atoms with Crippen LogP contribution in [0, 0.1) is 11.3 Å². The van der Waals surface area contributed by atoms with E-state index in [0.29, 0.717) is 6.07 Å². The van der Waals surface area contributed by atoms with Crippen LogP contribution in [-0.2, 0) is 6.54 Å². The van der Waals surface area contributed by atoms with E-state index in [1.807, 2.05) is 0 Å². The molecule has 0 atom stereocenters. The standard InChI is InChI=1S/C10H7F3N2O3/c11-10(12,13)18-8-2-7(9(16)17)5(3-14)1-6(8)4-15/h1-2H,3,14H2,(H,16,17). The van der Waals surface area contributed by atoms with Gasteiger partial charge in [-0.2, -0.15) is 5.26 Å². The van der Waals surface area contributed by atoms with E-state index < -0.39 is 29.2 Å². The number of nitrogens with zero attached hydrogens (tertiary/aromatic N) is 1. The molecule has 0 amide bonds. The van der Waals surface area contributed by atoms with Crippen LogP contribution in [0.5, 0.6) is 5.75 Å². The molecule has 1 aromatic rings. The van der Waals surface area contributed by atoms with Crippen LogP contribution in [-0.4, -0.2) is 17.4 Å². The van der Waals surface area contributed by atoms with Crippen molar-refractivity contribution in [1.82, 2.24) is 0 Å². The first-order valence-electron chi connectivity index (χ1n) is 4.54. The van der Waals surface area contributed by atoms with Gasteiger partial charge in [0.25, 0.3) is 0 Å². The summed E-state index contributed by atoms with van der Waals surface area (Å²) in [4.78, 5) is 10.8. The van der Waals surface area contributed by atoms with E-state index in [0.717, 1.165) is 6.07 Å². The number of hydrogen-bond donors (Lipinski definition) is 2. The summed E-state index contributed by atoms with van der Waals surface area (Å²) in [7, 11) is 0. The first-order chi connectivity index (χ1) is 8.28. The second-order valence-electron chi connectivity index (χ2n) is 3.17. The number of carboxylic acid groups (broad SMARTS) is 1.